The van der Waals surface area contributed by atoms with Crippen molar-refractivity contribution in [3.63, 3.8) is 0 Å². The van der Waals surface area contributed by atoms with E-state index >= 15 is 0 Å². The van der Waals surface area contributed by atoms with Crippen molar-refractivity contribution in [1.82, 2.24) is 4.98 Å². The second-order valence-electron chi connectivity index (χ2n) is 4.07. The highest BCUT2D eigenvalue weighted by Crippen LogP contribution is 2.28. The van der Waals surface area contributed by atoms with Crippen molar-refractivity contribution in [2.75, 3.05) is 11.4 Å². The van der Waals surface area contributed by atoms with Crippen LogP contribution in [0, 0.1) is 6.92 Å². The SMILES string of the molecule is Cc1ccccc1N(C)S(=O)(=O)c1cnccc1Cl. The molecule has 0 atom stereocenters. The van der Waals surface area contributed by atoms with Gasteiger partial charge in [-0.25, -0.2) is 8.42 Å². The first-order valence-electron chi connectivity index (χ1n) is 5.58. The minimum absolute atomic E-state index is 0.00224. The third kappa shape index (κ3) is 2.57. The van der Waals surface area contributed by atoms with E-state index in [-0.39, 0.29) is 9.92 Å². The number of nitrogens with zero attached hydrogens (tertiary/aromatic N) is 2. The highest BCUT2D eigenvalue weighted by atomic mass is 35.5. The van der Waals surface area contributed by atoms with Crippen LogP contribution in [0.15, 0.2) is 47.6 Å². The van der Waals surface area contributed by atoms with E-state index in [1.54, 1.807) is 12.1 Å². The van der Waals surface area contributed by atoms with Crippen LogP contribution in [0.25, 0.3) is 0 Å². The molecule has 0 aliphatic heterocycles. The van der Waals surface area contributed by atoms with Crippen LogP contribution in [0.4, 0.5) is 5.69 Å². The Morgan fingerprint density at radius 3 is 2.53 bits per heavy atom. The van der Waals surface area contributed by atoms with Gasteiger partial charge in [0.05, 0.1) is 10.7 Å². The predicted octanol–water partition coefficient (Wildman–Crippen LogP) is 2.87. The minimum atomic E-state index is -3.71. The zero-order valence-electron chi connectivity index (χ0n) is 10.5. The van der Waals surface area contributed by atoms with E-state index in [9.17, 15) is 8.42 Å². The van der Waals surface area contributed by atoms with Gasteiger partial charge in [-0.2, -0.15) is 0 Å². The standard InChI is InChI=1S/C13H13ClN2O2S/c1-10-5-3-4-6-12(10)16(2)19(17,18)13-9-15-8-7-11(13)14/h3-9H,1-2H3. The molecule has 0 saturated heterocycles. The second kappa shape index (κ2) is 5.19. The van der Waals surface area contributed by atoms with Gasteiger partial charge in [-0.1, -0.05) is 29.8 Å². The summed E-state index contributed by atoms with van der Waals surface area (Å²) >= 11 is 5.93. The molecule has 2 aromatic rings. The Morgan fingerprint density at radius 1 is 1.21 bits per heavy atom. The number of rotatable bonds is 3. The zero-order chi connectivity index (χ0) is 14.0. The number of benzene rings is 1. The lowest BCUT2D eigenvalue weighted by atomic mass is 10.2. The number of hydrogen-bond donors (Lipinski definition) is 0. The summed E-state index contributed by atoms with van der Waals surface area (Å²) in [6.45, 7) is 1.85. The number of halogens is 1. The van der Waals surface area contributed by atoms with Crippen molar-refractivity contribution in [3.8, 4) is 0 Å². The predicted molar refractivity (Wildman–Crippen MR) is 76.0 cm³/mol. The van der Waals surface area contributed by atoms with Crippen molar-refractivity contribution >= 4 is 27.3 Å². The van der Waals surface area contributed by atoms with E-state index < -0.39 is 10.0 Å². The van der Waals surface area contributed by atoms with Crippen molar-refractivity contribution in [2.45, 2.75) is 11.8 Å². The molecule has 100 valence electrons. The van der Waals surface area contributed by atoms with Gasteiger partial charge in [-0.3, -0.25) is 9.29 Å². The molecule has 0 unspecified atom stereocenters. The van der Waals surface area contributed by atoms with E-state index in [1.807, 2.05) is 19.1 Å². The fourth-order valence-corrected chi connectivity index (χ4v) is 3.41. The van der Waals surface area contributed by atoms with Crippen LogP contribution in [0.2, 0.25) is 5.02 Å². The van der Waals surface area contributed by atoms with Crippen molar-refractivity contribution in [3.05, 3.63) is 53.3 Å². The van der Waals surface area contributed by atoms with Gasteiger partial charge < -0.3 is 0 Å². The molecule has 0 fully saturated rings. The fourth-order valence-electron chi connectivity index (χ4n) is 1.75. The van der Waals surface area contributed by atoms with Crippen LogP contribution in [-0.2, 0) is 10.0 Å². The topological polar surface area (TPSA) is 50.3 Å². The summed E-state index contributed by atoms with van der Waals surface area (Å²) < 4.78 is 26.2. The van der Waals surface area contributed by atoms with Crippen LogP contribution in [0.5, 0.6) is 0 Å². The van der Waals surface area contributed by atoms with Gasteiger partial charge in [0.25, 0.3) is 10.0 Å². The van der Waals surface area contributed by atoms with Crippen LogP contribution in [0.1, 0.15) is 5.56 Å². The van der Waals surface area contributed by atoms with Gasteiger partial charge in [0.1, 0.15) is 4.90 Å². The Balaban J connectivity index is 2.52. The molecule has 0 amide bonds. The maximum Gasteiger partial charge on any atom is 0.267 e. The highest BCUT2D eigenvalue weighted by Gasteiger charge is 2.24. The summed E-state index contributed by atoms with van der Waals surface area (Å²) in [5.74, 6) is 0. The molecular formula is C13H13ClN2O2S. The quantitative estimate of drug-likeness (QED) is 0.875. The maximum absolute atomic E-state index is 12.5. The number of anilines is 1. The number of para-hydroxylation sites is 1. The number of pyridine rings is 1. The first-order valence-corrected chi connectivity index (χ1v) is 7.40. The smallest absolute Gasteiger partial charge is 0.267 e. The highest BCUT2D eigenvalue weighted by molar-refractivity contribution is 7.93. The summed E-state index contributed by atoms with van der Waals surface area (Å²) in [7, 11) is -2.21. The lowest BCUT2D eigenvalue weighted by molar-refractivity contribution is 0.594. The minimum Gasteiger partial charge on any atom is -0.269 e. The molecule has 0 spiro atoms. The summed E-state index contributed by atoms with van der Waals surface area (Å²) in [5, 5.41) is 0.162. The van der Waals surface area contributed by atoms with Crippen molar-refractivity contribution < 1.29 is 8.42 Å². The number of aryl methyl sites for hydroxylation is 1. The lowest BCUT2D eigenvalue weighted by Gasteiger charge is -2.21. The molecule has 1 aromatic heterocycles. The molecule has 4 nitrogen and oxygen atoms in total. The summed E-state index contributed by atoms with van der Waals surface area (Å²) in [5.41, 5.74) is 1.48. The third-order valence-electron chi connectivity index (χ3n) is 2.83. The van der Waals surface area contributed by atoms with Gasteiger partial charge in [-0.05, 0) is 24.6 Å². The molecule has 0 aliphatic carbocycles. The average Bonchev–Trinajstić information content (AvgIpc) is 2.39. The molecule has 2 rings (SSSR count). The second-order valence-corrected chi connectivity index (χ2v) is 6.41. The van der Waals surface area contributed by atoms with E-state index in [1.165, 1.54) is 29.8 Å². The molecular weight excluding hydrogens is 284 g/mol. The average molecular weight is 297 g/mol. The van der Waals surface area contributed by atoms with Crippen molar-refractivity contribution in [1.29, 1.82) is 0 Å². The monoisotopic (exact) mass is 296 g/mol. The van der Waals surface area contributed by atoms with E-state index in [4.69, 9.17) is 11.6 Å². The maximum atomic E-state index is 12.5. The van der Waals surface area contributed by atoms with Crippen LogP contribution in [-0.4, -0.2) is 20.4 Å². The number of hydrogen-bond acceptors (Lipinski definition) is 3. The molecule has 19 heavy (non-hydrogen) atoms. The van der Waals surface area contributed by atoms with Gasteiger partial charge in [0, 0.05) is 19.4 Å². The van der Waals surface area contributed by atoms with Crippen molar-refractivity contribution in [2.24, 2.45) is 0 Å². The molecule has 6 heteroatoms. The zero-order valence-corrected chi connectivity index (χ0v) is 12.1. The third-order valence-corrected chi connectivity index (χ3v) is 5.07. The normalized spacial score (nSPS) is 11.3. The lowest BCUT2D eigenvalue weighted by Crippen LogP contribution is -2.27. The van der Waals surface area contributed by atoms with Gasteiger partial charge in [0.15, 0.2) is 0 Å². The first-order chi connectivity index (χ1) is 8.94. The van der Waals surface area contributed by atoms with E-state index in [0.717, 1.165) is 5.56 Å². The van der Waals surface area contributed by atoms with Crippen LogP contribution < -0.4 is 4.31 Å². The fraction of sp³-hybridized carbons (Fsp3) is 0.154. The molecule has 0 aliphatic rings. The number of aromatic nitrogens is 1. The summed E-state index contributed by atoms with van der Waals surface area (Å²) in [6, 6.07) is 8.71. The van der Waals surface area contributed by atoms with E-state index in [0.29, 0.717) is 5.69 Å². The molecule has 1 heterocycles. The van der Waals surface area contributed by atoms with Crippen LogP contribution >= 0.6 is 11.6 Å². The Hall–Kier alpha value is -1.59. The Morgan fingerprint density at radius 2 is 1.89 bits per heavy atom. The van der Waals surface area contributed by atoms with Gasteiger partial charge in [0.2, 0.25) is 0 Å². The largest absolute Gasteiger partial charge is 0.269 e. The van der Waals surface area contributed by atoms with Gasteiger partial charge >= 0.3 is 0 Å². The molecule has 0 N–H and O–H groups in total. The molecule has 0 radical (unpaired) electrons. The summed E-state index contributed by atoms with van der Waals surface area (Å²) in [4.78, 5) is 3.82. The Labute approximate surface area is 117 Å². The molecule has 0 saturated carbocycles. The molecule has 0 bridgehead atoms. The first kappa shape index (κ1) is 13.8. The Bertz CT molecular complexity index is 701. The molecule has 1 aromatic carbocycles. The Kier molecular flexibility index (Phi) is 3.78. The van der Waals surface area contributed by atoms with Crippen LogP contribution in [0.3, 0.4) is 0 Å². The van der Waals surface area contributed by atoms with Gasteiger partial charge in [-0.15, -0.1) is 0 Å². The number of sulfonamides is 1. The summed E-state index contributed by atoms with van der Waals surface area (Å²) in [6.07, 6.45) is 2.71. The van der Waals surface area contributed by atoms with E-state index in [2.05, 4.69) is 4.98 Å².